The van der Waals surface area contributed by atoms with Gasteiger partial charge in [-0.05, 0) is 38.9 Å². The van der Waals surface area contributed by atoms with Gasteiger partial charge in [-0.1, -0.05) is 18.2 Å². The normalized spacial score (nSPS) is 15.0. The highest BCUT2D eigenvalue weighted by Crippen LogP contribution is 2.31. The van der Waals surface area contributed by atoms with Crippen LogP contribution in [0.1, 0.15) is 39.8 Å². The number of aromatic nitrogens is 1. The van der Waals surface area contributed by atoms with Gasteiger partial charge in [-0.25, -0.2) is 4.98 Å². The number of carbonyl (C=O) groups is 1. The predicted octanol–water partition coefficient (Wildman–Crippen LogP) is 2.81. The average molecular weight is 573 g/mol. The predicted molar refractivity (Wildman–Crippen MR) is 141 cm³/mol. The molecular weight excluding hydrogens is 539 g/mol. The van der Waals surface area contributed by atoms with Gasteiger partial charge < -0.3 is 20.7 Å². The maximum Gasteiger partial charge on any atom is 0.263 e. The topological polar surface area (TPSA) is 90.9 Å². The Morgan fingerprint density at radius 3 is 2.59 bits per heavy atom. The summed E-state index contributed by atoms with van der Waals surface area (Å²) < 4.78 is 5.62. The number of aliphatic imine (C=N–C) groups is 1. The second kappa shape index (κ2) is 13.6. The zero-order valence-electron chi connectivity index (χ0n) is 18.9. The number of aryl methyl sites for hydroxylation is 1. The lowest BCUT2D eigenvalue weighted by Crippen LogP contribution is -2.44. The molecule has 2 heterocycles. The van der Waals surface area contributed by atoms with E-state index in [1.54, 1.807) is 19.7 Å². The summed E-state index contributed by atoms with van der Waals surface area (Å²) in [5.74, 6) is 1.53. The summed E-state index contributed by atoms with van der Waals surface area (Å²) in [4.78, 5) is 23.8. The van der Waals surface area contributed by atoms with Crippen molar-refractivity contribution in [3.05, 3.63) is 45.9 Å². The molecule has 10 heteroatoms. The molecule has 1 atom stereocenters. The van der Waals surface area contributed by atoms with Crippen LogP contribution < -0.4 is 20.7 Å². The molecule has 0 bridgehead atoms. The number of benzene rings is 1. The van der Waals surface area contributed by atoms with Crippen LogP contribution in [0.3, 0.4) is 0 Å². The lowest BCUT2D eigenvalue weighted by Gasteiger charge is -2.30. The molecule has 1 fully saturated rings. The number of guanidine groups is 1. The molecule has 1 saturated heterocycles. The van der Waals surface area contributed by atoms with Crippen LogP contribution >= 0.6 is 35.3 Å². The molecule has 0 aliphatic carbocycles. The second-order valence-electron chi connectivity index (χ2n) is 7.40. The molecule has 0 spiro atoms. The van der Waals surface area contributed by atoms with Crippen molar-refractivity contribution in [2.24, 2.45) is 4.99 Å². The van der Waals surface area contributed by atoms with E-state index in [2.05, 4.69) is 43.0 Å². The number of thiazole rings is 1. The van der Waals surface area contributed by atoms with E-state index in [0.29, 0.717) is 30.5 Å². The molecule has 32 heavy (non-hydrogen) atoms. The number of methoxy groups -OCH3 is 1. The van der Waals surface area contributed by atoms with E-state index >= 15 is 0 Å². The Kier molecular flexibility index (Phi) is 11.2. The molecule has 8 nitrogen and oxygen atoms in total. The second-order valence-corrected chi connectivity index (χ2v) is 8.26. The highest BCUT2D eigenvalue weighted by atomic mass is 127. The highest BCUT2D eigenvalue weighted by molar-refractivity contribution is 14.0. The van der Waals surface area contributed by atoms with Crippen LogP contribution in [0.15, 0.2) is 34.8 Å². The number of rotatable bonds is 9. The lowest BCUT2D eigenvalue weighted by atomic mass is 10.0. The minimum absolute atomic E-state index is 0. The minimum atomic E-state index is -0.0879. The molecule has 176 valence electrons. The average Bonchev–Trinajstić information content (AvgIpc) is 3.47. The summed E-state index contributed by atoms with van der Waals surface area (Å²) in [7, 11) is 3.47. The maximum atomic E-state index is 12.2. The minimum Gasteiger partial charge on any atom is -0.496 e. The maximum absolute atomic E-state index is 12.2. The molecule has 1 aliphatic rings. The fourth-order valence-corrected chi connectivity index (χ4v) is 4.52. The summed E-state index contributed by atoms with van der Waals surface area (Å²) in [5.41, 5.74) is 3.63. The van der Waals surface area contributed by atoms with Crippen LogP contribution in [-0.4, -0.2) is 68.6 Å². The van der Waals surface area contributed by atoms with Crippen LogP contribution in [0.2, 0.25) is 0 Å². The van der Waals surface area contributed by atoms with Gasteiger partial charge in [-0.3, -0.25) is 14.7 Å². The molecule has 0 radical (unpaired) electrons. The van der Waals surface area contributed by atoms with E-state index < -0.39 is 0 Å². The van der Waals surface area contributed by atoms with Crippen molar-refractivity contribution in [3.63, 3.8) is 0 Å². The number of halogens is 1. The standard InChI is InChI=1S/C22H32N6O2S.HI/c1-16-20(31-15-27-16)21(29)24-10-11-25-22(23-2)26-14-18(28-12-6-7-13-28)17-8-4-5-9-19(17)30-3;/h4-5,8-9,15,18H,6-7,10-14H2,1-3H3,(H,24,29)(H2,23,25,26);1H. The third-order valence-electron chi connectivity index (χ3n) is 5.42. The number of para-hydroxylation sites is 1. The van der Waals surface area contributed by atoms with Crippen LogP contribution in [0, 0.1) is 6.92 Å². The summed E-state index contributed by atoms with van der Waals surface area (Å²) in [6, 6.07) is 8.41. The third-order valence-corrected chi connectivity index (χ3v) is 6.35. The molecule has 1 aromatic heterocycles. The number of amides is 1. The summed E-state index contributed by atoms with van der Waals surface area (Å²) in [6.07, 6.45) is 2.44. The first-order valence-electron chi connectivity index (χ1n) is 10.6. The number of carbonyl (C=O) groups excluding carboxylic acids is 1. The van der Waals surface area contributed by atoms with E-state index in [4.69, 9.17) is 4.74 Å². The largest absolute Gasteiger partial charge is 0.496 e. The monoisotopic (exact) mass is 572 g/mol. The zero-order chi connectivity index (χ0) is 22.1. The fraction of sp³-hybridized carbons (Fsp3) is 0.500. The molecule has 3 rings (SSSR count). The molecule has 1 aliphatic heterocycles. The van der Waals surface area contributed by atoms with Gasteiger partial charge in [0, 0.05) is 32.2 Å². The summed E-state index contributed by atoms with van der Waals surface area (Å²) in [6.45, 7) is 5.80. The van der Waals surface area contributed by atoms with Crippen LogP contribution in [0.25, 0.3) is 0 Å². The Hall–Kier alpha value is -1.92. The molecule has 0 saturated carbocycles. The van der Waals surface area contributed by atoms with Gasteiger partial charge in [0.05, 0.1) is 24.4 Å². The van der Waals surface area contributed by atoms with E-state index in [0.717, 1.165) is 24.5 Å². The van der Waals surface area contributed by atoms with E-state index in [1.807, 2.05) is 19.1 Å². The molecule has 1 amide bonds. The van der Waals surface area contributed by atoms with Gasteiger partial charge in [0.2, 0.25) is 0 Å². The number of hydrogen-bond acceptors (Lipinski definition) is 6. The van der Waals surface area contributed by atoms with Gasteiger partial charge in [0.15, 0.2) is 5.96 Å². The van der Waals surface area contributed by atoms with E-state index in [9.17, 15) is 4.79 Å². The highest BCUT2D eigenvalue weighted by Gasteiger charge is 2.26. The van der Waals surface area contributed by atoms with Gasteiger partial charge >= 0.3 is 0 Å². The van der Waals surface area contributed by atoms with Gasteiger partial charge in [-0.2, -0.15) is 0 Å². The zero-order valence-corrected chi connectivity index (χ0v) is 22.0. The molecular formula is C22H33IN6O2S. The van der Waals surface area contributed by atoms with Gasteiger partial charge in [0.1, 0.15) is 10.6 Å². The van der Waals surface area contributed by atoms with Crippen LogP contribution in [0.4, 0.5) is 0 Å². The first-order valence-corrected chi connectivity index (χ1v) is 11.5. The number of nitrogens with one attached hydrogen (secondary N) is 3. The number of hydrogen-bond donors (Lipinski definition) is 3. The summed E-state index contributed by atoms with van der Waals surface area (Å²) in [5, 5.41) is 9.63. The van der Waals surface area contributed by atoms with Gasteiger partial charge in [-0.15, -0.1) is 35.3 Å². The van der Waals surface area contributed by atoms with Crippen molar-refractivity contribution in [3.8, 4) is 5.75 Å². The van der Waals surface area contributed by atoms with E-state index in [1.165, 1.54) is 29.7 Å². The lowest BCUT2D eigenvalue weighted by molar-refractivity contribution is 0.0957. The quantitative estimate of drug-likeness (QED) is 0.185. The SMILES string of the molecule is CN=C(NCCNC(=O)c1scnc1C)NCC(c1ccccc1OC)N1CCCC1.I. The Morgan fingerprint density at radius 1 is 1.22 bits per heavy atom. The molecule has 1 unspecified atom stereocenters. The fourth-order valence-electron chi connectivity index (χ4n) is 3.80. The number of nitrogens with zero attached hydrogens (tertiary/aromatic N) is 3. The van der Waals surface area contributed by atoms with Crippen molar-refractivity contribution in [2.45, 2.75) is 25.8 Å². The molecule has 3 N–H and O–H groups in total. The molecule has 1 aromatic carbocycles. The third kappa shape index (κ3) is 7.04. The van der Waals surface area contributed by atoms with Crippen molar-refractivity contribution in [2.75, 3.05) is 46.9 Å². The molecule has 2 aromatic rings. The Balaban J connectivity index is 0.00000363. The van der Waals surface area contributed by atoms with Crippen LogP contribution in [-0.2, 0) is 0 Å². The van der Waals surface area contributed by atoms with Crippen molar-refractivity contribution in [1.29, 1.82) is 0 Å². The first kappa shape index (κ1) is 26.3. The Morgan fingerprint density at radius 2 is 1.94 bits per heavy atom. The van der Waals surface area contributed by atoms with Crippen LogP contribution in [0.5, 0.6) is 5.75 Å². The smallest absolute Gasteiger partial charge is 0.263 e. The number of ether oxygens (including phenoxy) is 1. The van der Waals surface area contributed by atoms with Crippen molar-refractivity contribution >= 4 is 47.2 Å². The first-order chi connectivity index (χ1) is 15.1. The Labute approximate surface area is 211 Å². The Bertz CT molecular complexity index is 885. The summed E-state index contributed by atoms with van der Waals surface area (Å²) >= 11 is 1.36. The van der Waals surface area contributed by atoms with Crippen molar-refractivity contribution in [1.82, 2.24) is 25.8 Å². The number of likely N-dealkylation sites (tertiary alicyclic amines) is 1. The van der Waals surface area contributed by atoms with E-state index in [-0.39, 0.29) is 35.9 Å². The van der Waals surface area contributed by atoms with Gasteiger partial charge in [0.25, 0.3) is 5.91 Å². The van der Waals surface area contributed by atoms with Crippen molar-refractivity contribution < 1.29 is 9.53 Å².